The highest BCUT2D eigenvalue weighted by atomic mass is 35.5. The number of aromatic nitrogens is 1. The molecule has 0 aliphatic heterocycles. The van der Waals surface area contributed by atoms with E-state index in [1.807, 2.05) is 13.0 Å². The first-order valence-electron chi connectivity index (χ1n) is 7.68. The van der Waals surface area contributed by atoms with Gasteiger partial charge in [-0.2, -0.15) is 0 Å². The molecule has 0 amide bonds. The van der Waals surface area contributed by atoms with Crippen LogP contribution >= 0.6 is 11.6 Å². The minimum Gasteiger partial charge on any atom is -0.385 e. The molecule has 0 fully saturated rings. The van der Waals surface area contributed by atoms with Gasteiger partial charge in [0.15, 0.2) is 0 Å². The average Bonchev–Trinajstić information content (AvgIpc) is 2.76. The Bertz CT molecular complexity index is 634. The first-order valence-corrected chi connectivity index (χ1v) is 8.06. The lowest BCUT2D eigenvalue weighted by Gasteiger charge is -2.12. The highest BCUT2D eigenvalue weighted by molar-refractivity contribution is 6.31. The van der Waals surface area contributed by atoms with Gasteiger partial charge in [0, 0.05) is 42.4 Å². The van der Waals surface area contributed by atoms with Crippen molar-refractivity contribution in [2.45, 2.75) is 33.7 Å². The van der Waals surface area contributed by atoms with Gasteiger partial charge < -0.3 is 14.6 Å². The molecule has 4 heteroatoms. The van der Waals surface area contributed by atoms with Crippen LogP contribution < -0.4 is 5.32 Å². The van der Waals surface area contributed by atoms with Crippen LogP contribution in [-0.2, 0) is 11.3 Å². The molecule has 0 aliphatic carbocycles. The van der Waals surface area contributed by atoms with Crippen molar-refractivity contribution in [2.75, 3.05) is 20.3 Å². The Morgan fingerprint density at radius 3 is 2.64 bits per heavy atom. The summed E-state index contributed by atoms with van der Waals surface area (Å²) in [5.41, 5.74) is 6.04. The summed E-state index contributed by atoms with van der Waals surface area (Å²) in [6.45, 7) is 8.96. The van der Waals surface area contributed by atoms with E-state index in [1.165, 1.54) is 17.0 Å². The molecule has 1 heterocycles. The van der Waals surface area contributed by atoms with Crippen molar-refractivity contribution in [3.8, 4) is 5.69 Å². The minimum absolute atomic E-state index is 0.799. The van der Waals surface area contributed by atoms with E-state index in [9.17, 15) is 0 Å². The van der Waals surface area contributed by atoms with Crippen LogP contribution in [0.25, 0.3) is 5.69 Å². The van der Waals surface area contributed by atoms with Crippen LogP contribution in [0.1, 0.15) is 28.9 Å². The molecule has 0 unspecified atom stereocenters. The SMILES string of the molecule is COCCCNCc1cc(C)n(-c2ccc(C)c(Cl)c2)c1C. The highest BCUT2D eigenvalue weighted by Gasteiger charge is 2.11. The van der Waals surface area contributed by atoms with E-state index < -0.39 is 0 Å². The number of aryl methyl sites for hydroxylation is 2. The molecule has 1 N–H and O–H groups in total. The van der Waals surface area contributed by atoms with Gasteiger partial charge in [0.2, 0.25) is 0 Å². The zero-order valence-corrected chi connectivity index (χ0v) is 14.6. The van der Waals surface area contributed by atoms with E-state index in [2.05, 4.69) is 41.9 Å². The third kappa shape index (κ3) is 3.92. The maximum atomic E-state index is 6.27. The summed E-state index contributed by atoms with van der Waals surface area (Å²) in [6.07, 6.45) is 1.03. The molecule has 2 rings (SSSR count). The summed E-state index contributed by atoms with van der Waals surface area (Å²) in [5.74, 6) is 0. The summed E-state index contributed by atoms with van der Waals surface area (Å²) in [7, 11) is 1.74. The number of methoxy groups -OCH3 is 1. The van der Waals surface area contributed by atoms with Gasteiger partial charge >= 0.3 is 0 Å². The van der Waals surface area contributed by atoms with Crippen LogP contribution in [0.3, 0.4) is 0 Å². The lowest BCUT2D eigenvalue weighted by molar-refractivity contribution is 0.194. The maximum absolute atomic E-state index is 6.27. The molecular weight excluding hydrogens is 296 g/mol. The van der Waals surface area contributed by atoms with Gasteiger partial charge in [0.05, 0.1) is 0 Å². The Morgan fingerprint density at radius 2 is 1.95 bits per heavy atom. The fourth-order valence-electron chi connectivity index (χ4n) is 2.69. The van der Waals surface area contributed by atoms with Gasteiger partial charge in [-0.3, -0.25) is 0 Å². The molecule has 0 saturated carbocycles. The van der Waals surface area contributed by atoms with Gasteiger partial charge in [-0.05, 0) is 63.1 Å². The van der Waals surface area contributed by atoms with Crippen molar-refractivity contribution in [2.24, 2.45) is 0 Å². The van der Waals surface area contributed by atoms with Crippen molar-refractivity contribution in [3.63, 3.8) is 0 Å². The average molecular weight is 321 g/mol. The van der Waals surface area contributed by atoms with E-state index in [1.54, 1.807) is 7.11 Å². The number of hydrogen-bond acceptors (Lipinski definition) is 2. The Labute approximate surface area is 138 Å². The molecule has 0 spiro atoms. The van der Waals surface area contributed by atoms with E-state index in [0.29, 0.717) is 0 Å². The molecule has 0 saturated heterocycles. The number of hydrogen-bond donors (Lipinski definition) is 1. The number of rotatable bonds is 7. The zero-order valence-electron chi connectivity index (χ0n) is 13.9. The van der Waals surface area contributed by atoms with Crippen LogP contribution in [0.15, 0.2) is 24.3 Å². The molecule has 2 aromatic rings. The number of halogens is 1. The summed E-state index contributed by atoms with van der Waals surface area (Å²) < 4.78 is 7.32. The largest absolute Gasteiger partial charge is 0.385 e. The van der Waals surface area contributed by atoms with E-state index in [0.717, 1.165) is 42.4 Å². The molecule has 1 aromatic heterocycles. The summed E-state index contributed by atoms with van der Waals surface area (Å²) in [5, 5.41) is 4.28. The fraction of sp³-hybridized carbons (Fsp3) is 0.444. The molecule has 0 radical (unpaired) electrons. The Hall–Kier alpha value is -1.29. The summed E-state index contributed by atoms with van der Waals surface area (Å²) in [6, 6.07) is 8.47. The predicted octanol–water partition coefficient (Wildman–Crippen LogP) is 4.18. The second-order valence-electron chi connectivity index (χ2n) is 5.69. The third-order valence-electron chi connectivity index (χ3n) is 3.97. The Morgan fingerprint density at radius 1 is 1.18 bits per heavy atom. The van der Waals surface area contributed by atoms with E-state index >= 15 is 0 Å². The Balaban J connectivity index is 2.14. The first kappa shape index (κ1) is 17.1. The molecule has 120 valence electrons. The fourth-order valence-corrected chi connectivity index (χ4v) is 2.87. The van der Waals surface area contributed by atoms with Gasteiger partial charge in [0.1, 0.15) is 0 Å². The molecule has 0 aliphatic rings. The third-order valence-corrected chi connectivity index (χ3v) is 4.37. The Kier molecular flexibility index (Phi) is 6.07. The molecule has 1 aromatic carbocycles. The number of ether oxygens (including phenoxy) is 1. The molecule has 22 heavy (non-hydrogen) atoms. The quantitative estimate of drug-likeness (QED) is 0.774. The zero-order chi connectivity index (χ0) is 16.1. The molecular formula is C18H25ClN2O. The van der Waals surface area contributed by atoms with Crippen LogP contribution in [0.2, 0.25) is 5.02 Å². The van der Waals surface area contributed by atoms with Crippen LogP contribution in [0.4, 0.5) is 0 Å². The maximum Gasteiger partial charge on any atom is 0.0474 e. The van der Waals surface area contributed by atoms with Crippen LogP contribution in [0.5, 0.6) is 0 Å². The van der Waals surface area contributed by atoms with Gasteiger partial charge in [0.25, 0.3) is 0 Å². The molecule has 3 nitrogen and oxygen atoms in total. The van der Waals surface area contributed by atoms with Gasteiger partial charge in [-0.15, -0.1) is 0 Å². The van der Waals surface area contributed by atoms with Crippen molar-refractivity contribution >= 4 is 11.6 Å². The second kappa shape index (κ2) is 7.82. The minimum atomic E-state index is 0.799. The monoisotopic (exact) mass is 320 g/mol. The standard InChI is InChI=1S/C18H25ClN2O/c1-13-6-7-17(11-18(13)19)21-14(2)10-16(15(21)3)12-20-8-5-9-22-4/h6-7,10-11,20H,5,8-9,12H2,1-4H3. The normalized spacial score (nSPS) is 11.1. The van der Waals surface area contributed by atoms with Crippen molar-refractivity contribution in [3.05, 3.63) is 51.8 Å². The van der Waals surface area contributed by atoms with E-state index in [-0.39, 0.29) is 0 Å². The lowest BCUT2D eigenvalue weighted by atomic mass is 10.2. The molecule has 0 atom stereocenters. The first-order chi connectivity index (χ1) is 10.5. The van der Waals surface area contributed by atoms with Crippen LogP contribution in [-0.4, -0.2) is 24.8 Å². The predicted molar refractivity (Wildman–Crippen MR) is 93.2 cm³/mol. The van der Waals surface area contributed by atoms with Crippen molar-refractivity contribution < 1.29 is 4.74 Å². The smallest absolute Gasteiger partial charge is 0.0474 e. The number of nitrogens with one attached hydrogen (secondary N) is 1. The molecule has 0 bridgehead atoms. The summed E-state index contributed by atoms with van der Waals surface area (Å²) in [4.78, 5) is 0. The number of benzene rings is 1. The van der Waals surface area contributed by atoms with Gasteiger partial charge in [-0.1, -0.05) is 17.7 Å². The lowest BCUT2D eigenvalue weighted by Crippen LogP contribution is -2.16. The van der Waals surface area contributed by atoms with E-state index in [4.69, 9.17) is 16.3 Å². The topological polar surface area (TPSA) is 26.2 Å². The van der Waals surface area contributed by atoms with Crippen molar-refractivity contribution in [1.29, 1.82) is 0 Å². The van der Waals surface area contributed by atoms with Crippen molar-refractivity contribution in [1.82, 2.24) is 9.88 Å². The second-order valence-corrected chi connectivity index (χ2v) is 6.10. The highest BCUT2D eigenvalue weighted by Crippen LogP contribution is 2.24. The van der Waals surface area contributed by atoms with Gasteiger partial charge in [-0.25, -0.2) is 0 Å². The summed E-state index contributed by atoms with van der Waals surface area (Å²) >= 11 is 6.27. The van der Waals surface area contributed by atoms with Crippen LogP contribution in [0, 0.1) is 20.8 Å². The number of nitrogens with zero attached hydrogens (tertiary/aromatic N) is 1.